The Kier molecular flexibility index (Phi) is 5.41. The molecular formula is C12H12BrF2NO3. The molecule has 7 heteroatoms. The number of rotatable bonds is 5. The van der Waals surface area contributed by atoms with Crippen LogP contribution >= 0.6 is 15.9 Å². The highest BCUT2D eigenvalue weighted by Crippen LogP contribution is 2.19. The van der Waals surface area contributed by atoms with Gasteiger partial charge < -0.3 is 10.4 Å². The maximum absolute atomic E-state index is 13.5. The van der Waals surface area contributed by atoms with Gasteiger partial charge in [0.15, 0.2) is 0 Å². The highest BCUT2D eigenvalue weighted by Gasteiger charge is 2.20. The first-order valence-corrected chi connectivity index (χ1v) is 6.27. The van der Waals surface area contributed by atoms with E-state index in [-0.39, 0.29) is 17.3 Å². The van der Waals surface area contributed by atoms with Crippen LogP contribution in [0.1, 0.15) is 30.1 Å². The van der Waals surface area contributed by atoms with Crippen LogP contribution in [0.3, 0.4) is 0 Å². The summed E-state index contributed by atoms with van der Waals surface area (Å²) in [4.78, 5) is 22.1. The number of halogens is 3. The summed E-state index contributed by atoms with van der Waals surface area (Å²) in [7, 11) is 0. The molecule has 1 unspecified atom stereocenters. The van der Waals surface area contributed by atoms with E-state index in [4.69, 9.17) is 5.11 Å². The monoisotopic (exact) mass is 335 g/mol. The molecule has 19 heavy (non-hydrogen) atoms. The average molecular weight is 336 g/mol. The van der Waals surface area contributed by atoms with Crippen molar-refractivity contribution >= 4 is 27.8 Å². The fraction of sp³-hybridized carbons (Fsp3) is 0.333. The summed E-state index contributed by atoms with van der Waals surface area (Å²) in [6.45, 7) is 1.56. The number of hydrogen-bond acceptors (Lipinski definition) is 2. The van der Waals surface area contributed by atoms with E-state index in [0.29, 0.717) is 0 Å². The van der Waals surface area contributed by atoms with Crippen molar-refractivity contribution in [1.29, 1.82) is 0 Å². The molecule has 2 N–H and O–H groups in total. The topological polar surface area (TPSA) is 66.4 Å². The summed E-state index contributed by atoms with van der Waals surface area (Å²) in [5.74, 6) is -3.85. The van der Waals surface area contributed by atoms with Gasteiger partial charge in [0.25, 0.3) is 5.91 Å². The first-order valence-electron chi connectivity index (χ1n) is 5.48. The molecule has 0 spiro atoms. The molecule has 0 aliphatic carbocycles. The number of carbonyl (C=O) groups is 2. The van der Waals surface area contributed by atoms with Gasteiger partial charge in [-0.3, -0.25) is 9.59 Å². The molecule has 104 valence electrons. The second-order valence-electron chi connectivity index (χ2n) is 4.05. The van der Waals surface area contributed by atoms with Crippen LogP contribution in [0, 0.1) is 11.6 Å². The number of carboxylic acid groups (broad SMARTS) is 1. The molecule has 0 fully saturated rings. The lowest BCUT2D eigenvalue weighted by molar-refractivity contribution is -0.137. The number of carbonyl (C=O) groups excluding carboxylic acids is 1. The second kappa shape index (κ2) is 6.60. The maximum atomic E-state index is 13.5. The minimum atomic E-state index is -0.998. The molecular weight excluding hydrogens is 324 g/mol. The van der Waals surface area contributed by atoms with E-state index in [2.05, 4.69) is 21.2 Å². The largest absolute Gasteiger partial charge is 0.481 e. The highest BCUT2D eigenvalue weighted by molar-refractivity contribution is 9.10. The van der Waals surface area contributed by atoms with E-state index in [0.717, 1.165) is 12.1 Å². The maximum Gasteiger partial charge on any atom is 0.303 e. The lowest BCUT2D eigenvalue weighted by atomic mass is 10.1. The van der Waals surface area contributed by atoms with Gasteiger partial charge in [0.2, 0.25) is 0 Å². The first kappa shape index (κ1) is 15.6. The van der Waals surface area contributed by atoms with Crippen LogP contribution in [0.2, 0.25) is 0 Å². The Morgan fingerprint density at radius 2 is 1.89 bits per heavy atom. The molecule has 0 saturated carbocycles. The molecule has 1 atom stereocenters. The molecule has 0 aromatic heterocycles. The Labute approximate surface area is 116 Å². The Morgan fingerprint density at radius 3 is 2.37 bits per heavy atom. The Balaban J connectivity index is 2.76. The van der Waals surface area contributed by atoms with Gasteiger partial charge in [-0.05, 0) is 25.5 Å². The molecule has 1 aromatic carbocycles. The zero-order valence-electron chi connectivity index (χ0n) is 10.0. The fourth-order valence-electron chi connectivity index (χ4n) is 1.47. The lowest BCUT2D eigenvalue weighted by Gasteiger charge is -2.13. The number of amides is 1. The summed E-state index contributed by atoms with van der Waals surface area (Å²) in [6.07, 6.45) is 0.0492. The van der Waals surface area contributed by atoms with Crippen LogP contribution in [0.5, 0.6) is 0 Å². The Hall–Kier alpha value is -1.50. The van der Waals surface area contributed by atoms with Crippen LogP contribution in [-0.4, -0.2) is 23.0 Å². The predicted molar refractivity (Wildman–Crippen MR) is 67.9 cm³/mol. The summed E-state index contributed by atoms with van der Waals surface area (Å²) < 4.78 is 27.2. The van der Waals surface area contributed by atoms with Crippen molar-refractivity contribution in [3.05, 3.63) is 33.8 Å². The highest BCUT2D eigenvalue weighted by atomic mass is 79.9. The van der Waals surface area contributed by atoms with Crippen LogP contribution in [0.4, 0.5) is 8.78 Å². The van der Waals surface area contributed by atoms with Crippen molar-refractivity contribution in [1.82, 2.24) is 5.32 Å². The van der Waals surface area contributed by atoms with Gasteiger partial charge in [-0.25, -0.2) is 8.78 Å². The summed E-state index contributed by atoms with van der Waals surface area (Å²) in [6, 6.07) is 1.48. The zero-order chi connectivity index (χ0) is 14.6. The zero-order valence-corrected chi connectivity index (χ0v) is 11.6. The molecule has 0 aliphatic heterocycles. The third kappa shape index (κ3) is 4.59. The quantitative estimate of drug-likeness (QED) is 0.869. The number of carboxylic acids is 1. The minimum Gasteiger partial charge on any atom is -0.481 e. The van der Waals surface area contributed by atoms with Crippen molar-refractivity contribution in [2.45, 2.75) is 25.8 Å². The number of aliphatic carboxylic acids is 1. The number of benzene rings is 1. The lowest BCUT2D eigenvalue weighted by Crippen LogP contribution is -2.34. The molecule has 1 amide bonds. The van der Waals surface area contributed by atoms with Crippen LogP contribution in [-0.2, 0) is 4.79 Å². The smallest absolute Gasteiger partial charge is 0.303 e. The normalized spacial score (nSPS) is 12.0. The minimum absolute atomic E-state index is 0.132. The molecule has 0 radical (unpaired) electrons. The summed E-state index contributed by atoms with van der Waals surface area (Å²) in [5.41, 5.74) is -0.676. The van der Waals surface area contributed by atoms with Crippen molar-refractivity contribution in [2.24, 2.45) is 0 Å². The summed E-state index contributed by atoms with van der Waals surface area (Å²) >= 11 is 2.91. The van der Waals surface area contributed by atoms with Gasteiger partial charge in [0.05, 0.1) is 0 Å². The van der Waals surface area contributed by atoms with E-state index >= 15 is 0 Å². The van der Waals surface area contributed by atoms with Crippen LogP contribution < -0.4 is 5.32 Å². The molecule has 0 aliphatic rings. The second-order valence-corrected chi connectivity index (χ2v) is 4.97. The van der Waals surface area contributed by atoms with Crippen molar-refractivity contribution in [2.75, 3.05) is 0 Å². The third-order valence-corrected chi connectivity index (χ3v) is 2.86. The van der Waals surface area contributed by atoms with Gasteiger partial charge in [-0.15, -0.1) is 0 Å². The molecule has 4 nitrogen and oxygen atoms in total. The molecule has 1 aromatic rings. The van der Waals surface area contributed by atoms with Gasteiger partial charge in [0.1, 0.15) is 17.2 Å². The standard InChI is InChI=1S/C12H12BrF2NO3/c1-6(2-3-10(17)18)16-12(19)11-8(14)4-7(13)5-9(11)15/h4-6H,2-3H2,1H3,(H,16,19)(H,17,18). The average Bonchev–Trinajstić information content (AvgIpc) is 2.24. The van der Waals surface area contributed by atoms with E-state index in [1.165, 1.54) is 0 Å². The van der Waals surface area contributed by atoms with Gasteiger partial charge in [-0.2, -0.15) is 0 Å². The number of hydrogen-bond donors (Lipinski definition) is 2. The first-order chi connectivity index (χ1) is 8.81. The molecule has 1 rings (SSSR count). The van der Waals surface area contributed by atoms with E-state index in [1.54, 1.807) is 6.92 Å². The summed E-state index contributed by atoms with van der Waals surface area (Å²) in [5, 5.41) is 10.8. The molecule has 0 bridgehead atoms. The van der Waals surface area contributed by atoms with Gasteiger partial charge in [0, 0.05) is 16.9 Å². The van der Waals surface area contributed by atoms with Crippen molar-refractivity contribution in [3.8, 4) is 0 Å². The molecule has 0 heterocycles. The number of nitrogens with one attached hydrogen (secondary N) is 1. The van der Waals surface area contributed by atoms with Crippen LogP contribution in [0.15, 0.2) is 16.6 Å². The SMILES string of the molecule is CC(CCC(=O)O)NC(=O)c1c(F)cc(Br)cc1F. The van der Waals surface area contributed by atoms with Gasteiger partial charge >= 0.3 is 5.97 Å². The fourth-order valence-corrected chi connectivity index (χ4v) is 1.87. The van der Waals surface area contributed by atoms with Gasteiger partial charge in [-0.1, -0.05) is 15.9 Å². The van der Waals surface area contributed by atoms with E-state index in [1.807, 2.05) is 0 Å². The van der Waals surface area contributed by atoms with E-state index < -0.39 is 35.1 Å². The molecule has 0 saturated heterocycles. The van der Waals surface area contributed by atoms with Crippen LogP contribution in [0.25, 0.3) is 0 Å². The Bertz CT molecular complexity index is 485. The predicted octanol–water partition coefficient (Wildman–Crippen LogP) is 2.71. The van der Waals surface area contributed by atoms with E-state index in [9.17, 15) is 18.4 Å². The van der Waals surface area contributed by atoms with Crippen molar-refractivity contribution in [3.63, 3.8) is 0 Å². The Morgan fingerprint density at radius 1 is 1.37 bits per heavy atom. The third-order valence-electron chi connectivity index (χ3n) is 2.40. The van der Waals surface area contributed by atoms with Crippen molar-refractivity contribution < 1.29 is 23.5 Å².